The van der Waals surface area contributed by atoms with Crippen molar-refractivity contribution in [3.63, 3.8) is 0 Å². The third kappa shape index (κ3) is 4.60. The highest BCUT2D eigenvalue weighted by atomic mass is 35.5. The normalized spacial score (nSPS) is 12.7. The van der Waals surface area contributed by atoms with Crippen LogP contribution in [0, 0.1) is 0 Å². The lowest BCUT2D eigenvalue weighted by atomic mass is 9.67. The minimum atomic E-state index is -1.05. The van der Waals surface area contributed by atoms with Crippen LogP contribution < -0.4 is 9.47 Å². The van der Waals surface area contributed by atoms with E-state index in [2.05, 4.69) is 0 Å². The maximum Gasteiger partial charge on any atom is 0.343 e. The van der Waals surface area contributed by atoms with E-state index in [9.17, 15) is 14.4 Å². The number of ketones is 2. The first-order chi connectivity index (χ1) is 21.2. The highest BCUT2D eigenvalue weighted by molar-refractivity contribution is 6.33. The van der Waals surface area contributed by atoms with Crippen molar-refractivity contribution >= 4 is 40.7 Å². The van der Waals surface area contributed by atoms with Gasteiger partial charge in [-0.05, 0) is 83.6 Å². The van der Waals surface area contributed by atoms with E-state index >= 15 is 0 Å². The zero-order valence-corrected chi connectivity index (χ0v) is 25.6. The number of benzene rings is 5. The molecule has 0 aromatic heterocycles. The Bertz CT molecular complexity index is 1930. The third-order valence-corrected chi connectivity index (χ3v) is 8.63. The molecule has 0 N–H and O–H groups in total. The summed E-state index contributed by atoms with van der Waals surface area (Å²) in [5.74, 6) is -0.934. The van der Waals surface area contributed by atoms with Crippen LogP contribution >= 0.6 is 23.2 Å². The average Bonchev–Trinajstić information content (AvgIpc) is 3.33. The molecule has 0 atom stereocenters. The molecule has 0 aliphatic heterocycles. The number of Topliss-reactive ketones (excluding diaryl/α,β-unsaturated/α-hetero) is 2. The van der Waals surface area contributed by atoms with Gasteiger partial charge in [-0.1, -0.05) is 89.9 Å². The monoisotopic (exact) mass is 620 g/mol. The van der Waals surface area contributed by atoms with E-state index < -0.39 is 11.4 Å². The third-order valence-electron chi connectivity index (χ3n) is 8.07. The number of ether oxygens (including phenoxy) is 2. The average molecular weight is 622 g/mol. The van der Waals surface area contributed by atoms with Crippen molar-refractivity contribution in [2.45, 2.75) is 19.3 Å². The van der Waals surface area contributed by atoms with Gasteiger partial charge in [0.15, 0.2) is 17.3 Å². The molecule has 0 saturated carbocycles. The maximum absolute atomic E-state index is 13.2. The Morgan fingerprint density at radius 1 is 0.614 bits per heavy atom. The fourth-order valence-corrected chi connectivity index (χ4v) is 6.76. The Balaban J connectivity index is 1.69. The first-order valence-electron chi connectivity index (χ1n) is 13.9. The van der Waals surface area contributed by atoms with Crippen molar-refractivity contribution in [1.29, 1.82) is 0 Å². The van der Waals surface area contributed by atoms with Crippen LogP contribution in [0.5, 0.6) is 11.5 Å². The predicted molar refractivity (Wildman–Crippen MR) is 172 cm³/mol. The molecule has 0 bridgehead atoms. The zero-order chi connectivity index (χ0) is 31.2. The second-order valence-electron chi connectivity index (χ2n) is 10.6. The van der Waals surface area contributed by atoms with Crippen molar-refractivity contribution in [2.24, 2.45) is 0 Å². The molecule has 44 heavy (non-hydrogen) atoms. The van der Waals surface area contributed by atoms with Gasteiger partial charge in [0.05, 0.1) is 39.3 Å². The van der Waals surface area contributed by atoms with Crippen molar-refractivity contribution in [3.05, 3.63) is 152 Å². The number of rotatable bonds is 7. The minimum Gasteiger partial charge on any atom is -0.494 e. The number of halogens is 2. The standard InChI is InChI=1S/C37H26Cl2O5/c1-21(40)28-17-24(19-32(38)34(28)43-3)37(30-15-9-7-13-26(30)27-14-8-10-16-31(27)37)25-18-29(22(2)41)35(33(39)20-25)44-36(42)23-11-5-4-6-12-23/h4-20H,1-3H3. The van der Waals surface area contributed by atoms with Gasteiger partial charge in [-0.3, -0.25) is 9.59 Å². The lowest BCUT2D eigenvalue weighted by Crippen LogP contribution is -2.29. The van der Waals surface area contributed by atoms with E-state index in [4.69, 9.17) is 32.7 Å². The fraction of sp³-hybridized carbons (Fsp3) is 0.108. The Kier molecular flexibility index (Phi) is 7.62. The number of carbonyl (C=O) groups is 3. The summed E-state index contributed by atoms with van der Waals surface area (Å²) in [6.07, 6.45) is 0. The Morgan fingerprint density at radius 3 is 1.57 bits per heavy atom. The van der Waals surface area contributed by atoms with E-state index in [0.717, 1.165) is 22.3 Å². The van der Waals surface area contributed by atoms with Crippen LogP contribution in [-0.2, 0) is 5.41 Å². The van der Waals surface area contributed by atoms with E-state index in [-0.39, 0.29) is 38.7 Å². The number of fused-ring (bicyclic) bond motifs is 3. The molecule has 1 aliphatic rings. The first kappa shape index (κ1) is 29.4. The van der Waals surface area contributed by atoms with Gasteiger partial charge in [-0.25, -0.2) is 4.79 Å². The summed E-state index contributed by atoms with van der Waals surface area (Å²) >= 11 is 13.7. The van der Waals surface area contributed by atoms with Crippen molar-refractivity contribution < 1.29 is 23.9 Å². The molecule has 0 heterocycles. The van der Waals surface area contributed by atoms with Crippen molar-refractivity contribution in [2.75, 3.05) is 7.11 Å². The lowest BCUT2D eigenvalue weighted by molar-refractivity contribution is 0.0732. The Hall–Kier alpha value is -4.71. The summed E-state index contributed by atoms with van der Waals surface area (Å²) in [6.45, 7) is 2.86. The lowest BCUT2D eigenvalue weighted by Gasteiger charge is -2.35. The molecule has 5 aromatic rings. The van der Waals surface area contributed by atoms with Gasteiger partial charge in [0.1, 0.15) is 5.75 Å². The minimum absolute atomic E-state index is 0.0244. The summed E-state index contributed by atoms with van der Waals surface area (Å²) in [7, 11) is 1.47. The van der Waals surface area contributed by atoms with E-state index in [1.54, 1.807) is 54.6 Å². The number of hydrogen-bond acceptors (Lipinski definition) is 5. The number of hydrogen-bond donors (Lipinski definition) is 0. The number of carbonyl (C=O) groups excluding carboxylic acids is 3. The molecule has 6 rings (SSSR count). The molecule has 218 valence electrons. The first-order valence-corrected chi connectivity index (χ1v) is 14.6. The summed E-state index contributed by atoms with van der Waals surface area (Å²) in [6, 6.07) is 31.4. The van der Waals surface area contributed by atoms with Gasteiger partial charge in [-0.15, -0.1) is 0 Å². The second kappa shape index (κ2) is 11.4. The smallest absolute Gasteiger partial charge is 0.343 e. The predicted octanol–water partition coefficient (Wildman–Crippen LogP) is 8.99. The Morgan fingerprint density at radius 2 is 1.07 bits per heavy atom. The van der Waals surface area contributed by atoms with Crippen LogP contribution in [0.3, 0.4) is 0 Å². The van der Waals surface area contributed by atoms with Crippen LogP contribution in [0.25, 0.3) is 11.1 Å². The Labute approximate surface area is 265 Å². The van der Waals surface area contributed by atoms with Crippen molar-refractivity contribution in [3.8, 4) is 22.6 Å². The van der Waals surface area contributed by atoms with Crippen LogP contribution in [0.4, 0.5) is 0 Å². The maximum atomic E-state index is 13.2. The molecule has 0 amide bonds. The fourth-order valence-electron chi connectivity index (χ4n) is 6.20. The van der Waals surface area contributed by atoms with E-state index in [1.807, 2.05) is 48.5 Å². The van der Waals surface area contributed by atoms with Crippen LogP contribution in [-0.4, -0.2) is 24.6 Å². The van der Waals surface area contributed by atoms with Crippen LogP contribution in [0.15, 0.2) is 103 Å². The molecule has 1 aliphatic carbocycles. The molecule has 0 saturated heterocycles. The number of methoxy groups -OCH3 is 1. The van der Waals surface area contributed by atoms with Crippen molar-refractivity contribution in [1.82, 2.24) is 0 Å². The van der Waals surface area contributed by atoms with Gasteiger partial charge in [0.25, 0.3) is 0 Å². The van der Waals surface area contributed by atoms with Crippen LogP contribution in [0.2, 0.25) is 10.0 Å². The molecular weight excluding hydrogens is 595 g/mol. The van der Waals surface area contributed by atoms with E-state index in [0.29, 0.717) is 22.3 Å². The van der Waals surface area contributed by atoms with Crippen LogP contribution in [0.1, 0.15) is 67.2 Å². The summed E-state index contributed by atoms with van der Waals surface area (Å²) in [5, 5.41) is 0.354. The van der Waals surface area contributed by atoms with Gasteiger partial charge >= 0.3 is 5.97 Å². The highest BCUT2D eigenvalue weighted by Gasteiger charge is 2.47. The topological polar surface area (TPSA) is 69.7 Å². The molecule has 0 radical (unpaired) electrons. The molecule has 0 spiro atoms. The van der Waals surface area contributed by atoms with Gasteiger partial charge in [0, 0.05) is 0 Å². The zero-order valence-electron chi connectivity index (χ0n) is 24.1. The SMILES string of the molecule is COc1c(Cl)cc(C2(c3cc(Cl)c(OC(=O)c4ccccc4)c(C(C)=O)c3)c3ccccc3-c3ccccc32)cc1C(C)=O. The van der Waals surface area contributed by atoms with Gasteiger partial charge in [-0.2, -0.15) is 0 Å². The molecule has 5 nitrogen and oxygen atoms in total. The molecule has 7 heteroatoms. The highest BCUT2D eigenvalue weighted by Crippen LogP contribution is 2.57. The number of esters is 1. The second-order valence-corrected chi connectivity index (χ2v) is 11.4. The van der Waals surface area contributed by atoms with E-state index in [1.165, 1.54) is 21.0 Å². The molecule has 0 fully saturated rings. The summed E-state index contributed by atoms with van der Waals surface area (Å²) < 4.78 is 11.3. The summed E-state index contributed by atoms with van der Waals surface area (Å²) in [4.78, 5) is 39.1. The molecule has 5 aromatic carbocycles. The largest absolute Gasteiger partial charge is 0.494 e. The molecule has 0 unspecified atom stereocenters. The van der Waals surface area contributed by atoms with Gasteiger partial charge < -0.3 is 9.47 Å². The quantitative estimate of drug-likeness (QED) is 0.101. The summed E-state index contributed by atoms with van der Waals surface area (Å²) in [5.41, 5.74) is 4.86. The van der Waals surface area contributed by atoms with Gasteiger partial charge in [0.2, 0.25) is 0 Å². The molecular formula is C37H26Cl2O5.